The van der Waals surface area contributed by atoms with Crippen molar-refractivity contribution in [2.75, 3.05) is 26.2 Å². The van der Waals surface area contributed by atoms with Gasteiger partial charge >= 0.3 is 6.09 Å². The van der Waals surface area contributed by atoms with E-state index in [2.05, 4.69) is 19.2 Å². The second-order valence-electron chi connectivity index (χ2n) is 5.10. The van der Waals surface area contributed by atoms with E-state index in [4.69, 9.17) is 4.74 Å². The van der Waals surface area contributed by atoms with Gasteiger partial charge in [0, 0.05) is 19.1 Å². The molecule has 4 nitrogen and oxygen atoms in total. The fraction of sp³-hybridized carbons (Fsp3) is 0.923. The maximum Gasteiger partial charge on any atom is 0.409 e. The van der Waals surface area contributed by atoms with E-state index < -0.39 is 0 Å². The second-order valence-corrected chi connectivity index (χ2v) is 5.10. The van der Waals surface area contributed by atoms with Crippen LogP contribution in [0.25, 0.3) is 0 Å². The van der Waals surface area contributed by atoms with Gasteiger partial charge in [0.25, 0.3) is 0 Å². The highest BCUT2D eigenvalue weighted by atomic mass is 16.6. The van der Waals surface area contributed by atoms with Gasteiger partial charge in [-0.05, 0) is 38.6 Å². The highest BCUT2D eigenvalue weighted by Crippen LogP contribution is 2.11. The number of carbonyl (C=O) groups excluding carboxylic acids is 1. The number of carbonyl (C=O) groups is 1. The third kappa shape index (κ3) is 5.39. The van der Waals surface area contributed by atoms with Crippen LogP contribution in [-0.4, -0.2) is 43.3 Å². The van der Waals surface area contributed by atoms with Gasteiger partial charge in [0.2, 0.25) is 0 Å². The molecule has 17 heavy (non-hydrogen) atoms. The van der Waals surface area contributed by atoms with E-state index in [1.165, 1.54) is 6.42 Å². The molecule has 0 radical (unpaired) electrons. The molecular weight excluding hydrogens is 216 g/mol. The van der Waals surface area contributed by atoms with Crippen molar-refractivity contribution in [1.29, 1.82) is 0 Å². The van der Waals surface area contributed by atoms with Crippen LogP contribution >= 0.6 is 0 Å². The van der Waals surface area contributed by atoms with E-state index in [-0.39, 0.29) is 6.09 Å². The Morgan fingerprint density at radius 1 is 1.41 bits per heavy atom. The molecule has 0 saturated carbocycles. The molecule has 0 bridgehead atoms. The highest BCUT2D eigenvalue weighted by Gasteiger charge is 2.22. The van der Waals surface area contributed by atoms with Gasteiger partial charge in [0.1, 0.15) is 0 Å². The number of hydrogen-bond acceptors (Lipinski definition) is 3. The van der Waals surface area contributed by atoms with Crippen LogP contribution in [-0.2, 0) is 4.74 Å². The van der Waals surface area contributed by atoms with Crippen molar-refractivity contribution in [1.82, 2.24) is 10.2 Å². The summed E-state index contributed by atoms with van der Waals surface area (Å²) >= 11 is 0. The maximum absolute atomic E-state index is 11.5. The van der Waals surface area contributed by atoms with Gasteiger partial charge in [0.05, 0.1) is 6.61 Å². The Morgan fingerprint density at radius 3 is 2.59 bits per heavy atom. The predicted molar refractivity (Wildman–Crippen MR) is 69.1 cm³/mol. The van der Waals surface area contributed by atoms with E-state index in [9.17, 15) is 4.79 Å². The lowest BCUT2D eigenvalue weighted by atomic mass is 10.0. The molecule has 0 aromatic heterocycles. The Kier molecular flexibility index (Phi) is 6.34. The normalized spacial score (nSPS) is 17.5. The van der Waals surface area contributed by atoms with Crippen LogP contribution in [0.1, 0.15) is 40.0 Å². The number of piperidine rings is 1. The van der Waals surface area contributed by atoms with Crippen molar-refractivity contribution < 1.29 is 9.53 Å². The second kappa shape index (κ2) is 7.54. The fourth-order valence-electron chi connectivity index (χ4n) is 2.06. The fourth-order valence-corrected chi connectivity index (χ4v) is 2.06. The first kappa shape index (κ1) is 14.3. The molecular formula is C13H26N2O2. The van der Waals surface area contributed by atoms with Crippen molar-refractivity contribution >= 4 is 6.09 Å². The summed E-state index contributed by atoms with van der Waals surface area (Å²) in [4.78, 5) is 13.3. The molecule has 1 aliphatic heterocycles. The summed E-state index contributed by atoms with van der Waals surface area (Å²) in [5.41, 5.74) is 0. The Labute approximate surface area is 105 Å². The van der Waals surface area contributed by atoms with E-state index in [1.54, 1.807) is 0 Å². The number of nitrogens with zero attached hydrogens (tertiary/aromatic N) is 1. The maximum atomic E-state index is 11.5. The van der Waals surface area contributed by atoms with Crippen LogP contribution < -0.4 is 5.32 Å². The molecule has 1 N–H and O–H groups in total. The third-order valence-electron chi connectivity index (χ3n) is 3.18. The smallest absolute Gasteiger partial charge is 0.409 e. The first-order valence-corrected chi connectivity index (χ1v) is 6.78. The summed E-state index contributed by atoms with van der Waals surface area (Å²) in [6, 6.07) is 0.569. The van der Waals surface area contributed by atoms with Crippen LogP contribution in [0, 0.1) is 5.92 Å². The number of likely N-dealkylation sites (tertiary alicyclic amines) is 1. The number of nitrogens with one attached hydrogen (secondary N) is 1. The average molecular weight is 242 g/mol. The molecule has 1 saturated heterocycles. The van der Waals surface area contributed by atoms with E-state index in [1.807, 2.05) is 11.8 Å². The standard InChI is InChI=1S/C13H26N2O2/c1-4-17-13(16)15-9-6-12(7-10-15)14-8-5-11(2)3/h11-12,14H,4-10H2,1-3H3. The zero-order valence-corrected chi connectivity index (χ0v) is 11.4. The van der Waals surface area contributed by atoms with E-state index in [0.29, 0.717) is 12.6 Å². The Morgan fingerprint density at radius 2 is 2.06 bits per heavy atom. The molecule has 1 fully saturated rings. The van der Waals surface area contributed by atoms with Crippen molar-refractivity contribution in [2.45, 2.75) is 46.1 Å². The zero-order chi connectivity index (χ0) is 12.7. The quantitative estimate of drug-likeness (QED) is 0.804. The van der Waals surface area contributed by atoms with Crippen LogP contribution in [0.15, 0.2) is 0 Å². The first-order valence-electron chi connectivity index (χ1n) is 6.78. The van der Waals surface area contributed by atoms with Crippen molar-refractivity contribution in [3.8, 4) is 0 Å². The predicted octanol–water partition coefficient (Wildman–Crippen LogP) is 2.24. The lowest BCUT2D eigenvalue weighted by molar-refractivity contribution is 0.0950. The topological polar surface area (TPSA) is 41.6 Å². The van der Waals surface area contributed by atoms with Crippen molar-refractivity contribution in [3.05, 3.63) is 0 Å². The number of ether oxygens (including phenoxy) is 1. The molecule has 0 spiro atoms. The van der Waals surface area contributed by atoms with Crippen LogP contribution in [0.2, 0.25) is 0 Å². The Hall–Kier alpha value is -0.770. The minimum absolute atomic E-state index is 0.159. The number of hydrogen-bond donors (Lipinski definition) is 1. The zero-order valence-electron chi connectivity index (χ0n) is 11.4. The highest BCUT2D eigenvalue weighted by molar-refractivity contribution is 5.67. The molecule has 1 rings (SSSR count). The third-order valence-corrected chi connectivity index (χ3v) is 3.18. The minimum Gasteiger partial charge on any atom is -0.450 e. The van der Waals surface area contributed by atoms with Crippen molar-refractivity contribution in [2.24, 2.45) is 5.92 Å². The van der Waals surface area contributed by atoms with Gasteiger partial charge < -0.3 is 15.0 Å². The van der Waals surface area contributed by atoms with Gasteiger partial charge in [-0.25, -0.2) is 4.79 Å². The van der Waals surface area contributed by atoms with Gasteiger partial charge in [-0.3, -0.25) is 0 Å². The Balaban J connectivity index is 2.15. The molecule has 4 heteroatoms. The van der Waals surface area contributed by atoms with Gasteiger partial charge in [-0.2, -0.15) is 0 Å². The lowest BCUT2D eigenvalue weighted by Crippen LogP contribution is -2.45. The molecule has 0 unspecified atom stereocenters. The van der Waals surface area contributed by atoms with Gasteiger partial charge in [-0.15, -0.1) is 0 Å². The SMILES string of the molecule is CCOC(=O)N1CCC(NCCC(C)C)CC1. The average Bonchev–Trinajstić information content (AvgIpc) is 2.30. The van der Waals surface area contributed by atoms with Crippen LogP contribution in [0.5, 0.6) is 0 Å². The Bertz CT molecular complexity index is 223. The summed E-state index contributed by atoms with van der Waals surface area (Å²) in [5, 5.41) is 3.57. The molecule has 1 heterocycles. The van der Waals surface area contributed by atoms with Gasteiger partial charge in [0.15, 0.2) is 0 Å². The molecule has 0 aromatic rings. The van der Waals surface area contributed by atoms with E-state index >= 15 is 0 Å². The molecule has 100 valence electrons. The summed E-state index contributed by atoms with van der Waals surface area (Å²) in [5.74, 6) is 0.752. The summed E-state index contributed by atoms with van der Waals surface area (Å²) in [7, 11) is 0. The van der Waals surface area contributed by atoms with Gasteiger partial charge in [-0.1, -0.05) is 13.8 Å². The van der Waals surface area contributed by atoms with Crippen LogP contribution in [0.3, 0.4) is 0 Å². The lowest BCUT2D eigenvalue weighted by Gasteiger charge is -2.31. The van der Waals surface area contributed by atoms with Crippen molar-refractivity contribution in [3.63, 3.8) is 0 Å². The molecule has 0 aromatic carbocycles. The minimum atomic E-state index is -0.159. The molecule has 0 aliphatic carbocycles. The molecule has 1 amide bonds. The molecule has 1 aliphatic rings. The number of amides is 1. The first-order chi connectivity index (χ1) is 8.13. The largest absolute Gasteiger partial charge is 0.450 e. The number of rotatable bonds is 5. The summed E-state index contributed by atoms with van der Waals surface area (Å²) in [6.45, 7) is 9.51. The molecule has 0 atom stereocenters. The van der Waals surface area contributed by atoms with Crippen LogP contribution in [0.4, 0.5) is 4.79 Å². The van der Waals surface area contributed by atoms with E-state index in [0.717, 1.165) is 38.4 Å². The summed E-state index contributed by atoms with van der Waals surface area (Å²) < 4.78 is 5.00. The monoisotopic (exact) mass is 242 g/mol. The summed E-state index contributed by atoms with van der Waals surface area (Å²) in [6.07, 6.45) is 3.14.